The lowest BCUT2D eigenvalue weighted by molar-refractivity contribution is 0.141. The van der Waals surface area contributed by atoms with E-state index in [0.29, 0.717) is 11.1 Å². The third-order valence-corrected chi connectivity index (χ3v) is 6.37. The van der Waals surface area contributed by atoms with Gasteiger partial charge in [0.05, 0.1) is 17.6 Å². The van der Waals surface area contributed by atoms with Crippen molar-refractivity contribution in [2.75, 3.05) is 36.4 Å². The van der Waals surface area contributed by atoms with Crippen molar-refractivity contribution in [1.29, 1.82) is 0 Å². The molecule has 7 heteroatoms. The monoisotopic (exact) mass is 437 g/mol. The average Bonchev–Trinajstić information content (AvgIpc) is 3.04. The second-order valence-electron chi connectivity index (χ2n) is 8.42. The van der Waals surface area contributed by atoms with Crippen LogP contribution in [-0.4, -0.2) is 47.1 Å². The number of aromatic nitrogens is 2. The quantitative estimate of drug-likeness (QED) is 0.581. The lowest BCUT2D eigenvalue weighted by Gasteiger charge is -2.39. The molecular formula is C24H28ClN5O. The topological polar surface area (TPSA) is 57.4 Å². The minimum Gasteiger partial charge on any atom is -0.460 e. The standard InChI is InChI=1S/C24H28ClN5O/c25-21-8-4-3-7-20(21)22-10-9-19(31-22)17-29-15-18(16-29)27-24-26-12-11-23(28-24)30-13-5-1-2-6-14-30/h3-4,7-12,18H,1-2,5-6,13-17H2,(H,26,27,28). The molecule has 2 aliphatic rings. The normalized spacial score (nSPS) is 17.9. The molecule has 3 aromatic rings. The van der Waals surface area contributed by atoms with Crippen LogP contribution in [0.15, 0.2) is 53.1 Å². The van der Waals surface area contributed by atoms with E-state index in [1.165, 1.54) is 25.7 Å². The Kier molecular flexibility index (Phi) is 6.09. The van der Waals surface area contributed by atoms with Gasteiger partial charge in [-0.25, -0.2) is 4.98 Å². The summed E-state index contributed by atoms with van der Waals surface area (Å²) in [6, 6.07) is 14.2. The first-order chi connectivity index (χ1) is 15.2. The van der Waals surface area contributed by atoms with Gasteiger partial charge in [0.25, 0.3) is 0 Å². The maximum absolute atomic E-state index is 6.28. The summed E-state index contributed by atoms with van der Waals surface area (Å²) in [4.78, 5) is 13.9. The van der Waals surface area contributed by atoms with Gasteiger partial charge in [0, 0.05) is 37.9 Å². The van der Waals surface area contributed by atoms with E-state index in [2.05, 4.69) is 20.1 Å². The number of nitrogens with zero attached hydrogens (tertiary/aromatic N) is 4. The molecule has 0 amide bonds. The number of hydrogen-bond donors (Lipinski definition) is 1. The van der Waals surface area contributed by atoms with Crippen LogP contribution in [0, 0.1) is 0 Å². The van der Waals surface area contributed by atoms with Gasteiger partial charge in [0.2, 0.25) is 5.95 Å². The summed E-state index contributed by atoms with van der Waals surface area (Å²) < 4.78 is 6.03. The van der Waals surface area contributed by atoms with Crippen molar-refractivity contribution in [3.05, 3.63) is 59.4 Å². The Morgan fingerprint density at radius 1 is 1.00 bits per heavy atom. The summed E-state index contributed by atoms with van der Waals surface area (Å²) in [6.07, 6.45) is 7.00. The van der Waals surface area contributed by atoms with Gasteiger partial charge >= 0.3 is 0 Å². The van der Waals surface area contributed by atoms with Crippen LogP contribution in [0.4, 0.5) is 11.8 Å². The average molecular weight is 438 g/mol. The molecule has 5 rings (SSSR count). The molecule has 1 N–H and O–H groups in total. The molecule has 2 aromatic heterocycles. The molecule has 2 aliphatic heterocycles. The Morgan fingerprint density at radius 3 is 2.61 bits per heavy atom. The van der Waals surface area contributed by atoms with Crippen molar-refractivity contribution in [3.63, 3.8) is 0 Å². The van der Waals surface area contributed by atoms with Gasteiger partial charge in [-0.05, 0) is 43.2 Å². The van der Waals surface area contributed by atoms with Crippen LogP contribution >= 0.6 is 11.6 Å². The molecule has 4 heterocycles. The molecular weight excluding hydrogens is 410 g/mol. The Hall–Kier alpha value is -2.57. The fraction of sp³-hybridized carbons (Fsp3) is 0.417. The molecule has 0 bridgehead atoms. The van der Waals surface area contributed by atoms with Gasteiger partial charge < -0.3 is 14.6 Å². The van der Waals surface area contributed by atoms with Crippen LogP contribution in [0.1, 0.15) is 31.4 Å². The molecule has 31 heavy (non-hydrogen) atoms. The predicted molar refractivity (Wildman–Crippen MR) is 125 cm³/mol. The second kappa shape index (κ2) is 9.28. The van der Waals surface area contributed by atoms with Crippen molar-refractivity contribution in [2.24, 2.45) is 0 Å². The SMILES string of the molecule is Clc1ccccc1-c1ccc(CN2CC(Nc3nccc(N4CCCCCC4)n3)C2)o1. The molecule has 0 aliphatic carbocycles. The van der Waals surface area contributed by atoms with Crippen molar-refractivity contribution in [2.45, 2.75) is 38.3 Å². The van der Waals surface area contributed by atoms with Crippen molar-refractivity contribution in [3.8, 4) is 11.3 Å². The molecule has 2 saturated heterocycles. The number of halogens is 1. The molecule has 0 unspecified atom stereocenters. The van der Waals surface area contributed by atoms with E-state index in [0.717, 1.165) is 61.6 Å². The van der Waals surface area contributed by atoms with E-state index in [-0.39, 0.29) is 0 Å². The fourth-order valence-electron chi connectivity index (χ4n) is 4.36. The summed E-state index contributed by atoms with van der Waals surface area (Å²) in [5.41, 5.74) is 0.931. The second-order valence-corrected chi connectivity index (χ2v) is 8.83. The van der Waals surface area contributed by atoms with Crippen LogP contribution in [0.5, 0.6) is 0 Å². The lowest BCUT2D eigenvalue weighted by Crippen LogP contribution is -2.54. The zero-order valence-electron chi connectivity index (χ0n) is 17.6. The van der Waals surface area contributed by atoms with E-state index in [1.807, 2.05) is 48.7 Å². The van der Waals surface area contributed by atoms with Gasteiger partial charge in [0.1, 0.15) is 17.3 Å². The number of benzene rings is 1. The molecule has 1 aromatic carbocycles. The van der Waals surface area contributed by atoms with E-state index < -0.39 is 0 Å². The Labute approximate surface area is 188 Å². The molecule has 0 atom stereocenters. The number of rotatable bonds is 6. The molecule has 0 spiro atoms. The number of nitrogens with one attached hydrogen (secondary N) is 1. The van der Waals surface area contributed by atoms with Crippen LogP contribution in [0.3, 0.4) is 0 Å². The molecule has 2 fully saturated rings. The number of furan rings is 1. The van der Waals surface area contributed by atoms with Crippen LogP contribution in [-0.2, 0) is 6.54 Å². The first kappa shape index (κ1) is 20.3. The maximum atomic E-state index is 6.28. The van der Waals surface area contributed by atoms with E-state index in [1.54, 1.807) is 0 Å². The molecule has 0 radical (unpaired) electrons. The number of anilines is 2. The Balaban J connectivity index is 1.14. The van der Waals surface area contributed by atoms with E-state index >= 15 is 0 Å². The van der Waals surface area contributed by atoms with Crippen molar-refractivity contribution < 1.29 is 4.42 Å². The number of likely N-dealkylation sites (tertiary alicyclic amines) is 1. The predicted octanol–water partition coefficient (Wildman–Crippen LogP) is 5.07. The van der Waals surface area contributed by atoms with Gasteiger partial charge in [-0.15, -0.1) is 0 Å². The van der Waals surface area contributed by atoms with E-state index in [9.17, 15) is 0 Å². The lowest BCUT2D eigenvalue weighted by atomic mass is 10.1. The highest BCUT2D eigenvalue weighted by atomic mass is 35.5. The van der Waals surface area contributed by atoms with Gasteiger partial charge in [-0.1, -0.05) is 36.6 Å². The van der Waals surface area contributed by atoms with Crippen LogP contribution in [0.2, 0.25) is 5.02 Å². The molecule has 162 valence electrons. The molecule has 6 nitrogen and oxygen atoms in total. The Bertz CT molecular complexity index is 1010. The van der Waals surface area contributed by atoms with Crippen LogP contribution in [0.25, 0.3) is 11.3 Å². The zero-order valence-corrected chi connectivity index (χ0v) is 18.4. The highest BCUT2D eigenvalue weighted by molar-refractivity contribution is 6.33. The smallest absolute Gasteiger partial charge is 0.224 e. The Morgan fingerprint density at radius 2 is 1.81 bits per heavy atom. The first-order valence-electron chi connectivity index (χ1n) is 11.1. The third kappa shape index (κ3) is 4.86. The van der Waals surface area contributed by atoms with Gasteiger partial charge in [-0.3, -0.25) is 4.90 Å². The van der Waals surface area contributed by atoms with Crippen molar-refractivity contribution in [1.82, 2.24) is 14.9 Å². The largest absolute Gasteiger partial charge is 0.460 e. The van der Waals surface area contributed by atoms with Crippen LogP contribution < -0.4 is 10.2 Å². The minimum absolute atomic E-state index is 0.359. The maximum Gasteiger partial charge on any atom is 0.224 e. The summed E-state index contributed by atoms with van der Waals surface area (Å²) >= 11 is 6.28. The van der Waals surface area contributed by atoms with Crippen molar-refractivity contribution >= 4 is 23.4 Å². The highest BCUT2D eigenvalue weighted by Gasteiger charge is 2.28. The zero-order chi connectivity index (χ0) is 21.0. The summed E-state index contributed by atoms with van der Waals surface area (Å²) in [5, 5.41) is 4.20. The third-order valence-electron chi connectivity index (χ3n) is 6.04. The molecule has 0 saturated carbocycles. The summed E-state index contributed by atoms with van der Waals surface area (Å²) in [5.74, 6) is 3.53. The van der Waals surface area contributed by atoms with E-state index in [4.69, 9.17) is 21.0 Å². The first-order valence-corrected chi connectivity index (χ1v) is 11.5. The minimum atomic E-state index is 0.359. The van der Waals surface area contributed by atoms with Gasteiger partial charge in [0.15, 0.2) is 0 Å². The highest BCUT2D eigenvalue weighted by Crippen LogP contribution is 2.30. The number of hydrogen-bond acceptors (Lipinski definition) is 6. The fourth-order valence-corrected chi connectivity index (χ4v) is 4.59. The summed E-state index contributed by atoms with van der Waals surface area (Å²) in [6.45, 7) is 4.86. The van der Waals surface area contributed by atoms with Gasteiger partial charge in [-0.2, -0.15) is 4.98 Å². The summed E-state index contributed by atoms with van der Waals surface area (Å²) in [7, 11) is 0.